The molecule has 1 fully saturated rings. The van der Waals surface area contributed by atoms with Crippen LogP contribution in [0.25, 0.3) is 6.08 Å². The van der Waals surface area contributed by atoms with Crippen molar-refractivity contribution in [1.82, 2.24) is 0 Å². The summed E-state index contributed by atoms with van der Waals surface area (Å²) in [7, 11) is 0. The number of aryl methyl sites for hydroxylation is 1. The van der Waals surface area contributed by atoms with E-state index in [4.69, 9.17) is 20.9 Å². The molecule has 0 radical (unpaired) electrons. The Balaban J connectivity index is 1.21. The van der Waals surface area contributed by atoms with Crippen molar-refractivity contribution < 1.29 is 23.0 Å². The summed E-state index contributed by atoms with van der Waals surface area (Å²) >= 11 is 0. The number of carbonyl (C=O) groups is 1. The second kappa shape index (κ2) is 17.8. The predicted molar refractivity (Wildman–Crippen MR) is 168 cm³/mol. The number of alkyl halides is 2. The zero-order valence-electron chi connectivity index (χ0n) is 25.3. The topological polar surface area (TPSA) is 87.6 Å². The van der Waals surface area contributed by atoms with E-state index in [2.05, 4.69) is 6.92 Å². The SMILES string of the molecule is CCCC1CCC(C(F)(F)Oc2ccc(/C=C/C(=O)OCCCCCCCCCCc3ccc(N)cc3N)cc2)CC1. The normalized spacial score (nSPS) is 17.4. The van der Waals surface area contributed by atoms with Crippen molar-refractivity contribution in [1.29, 1.82) is 0 Å². The molecule has 232 valence electrons. The van der Waals surface area contributed by atoms with Gasteiger partial charge in [-0.25, -0.2) is 4.79 Å². The number of hydrogen-bond donors (Lipinski definition) is 2. The van der Waals surface area contributed by atoms with E-state index in [-0.39, 0.29) is 5.75 Å². The lowest BCUT2D eigenvalue weighted by molar-refractivity contribution is -0.223. The number of esters is 1. The number of nitrogen functional groups attached to an aromatic ring is 2. The lowest BCUT2D eigenvalue weighted by atomic mass is 9.79. The Hall–Kier alpha value is -3.09. The highest BCUT2D eigenvalue weighted by Crippen LogP contribution is 2.41. The minimum atomic E-state index is -3.17. The molecular formula is C35H50F2N2O3. The molecule has 0 aliphatic heterocycles. The van der Waals surface area contributed by atoms with Crippen LogP contribution in [0, 0.1) is 11.8 Å². The van der Waals surface area contributed by atoms with E-state index in [0.717, 1.165) is 69.0 Å². The highest BCUT2D eigenvalue weighted by Gasteiger charge is 2.43. The molecular weight excluding hydrogens is 534 g/mol. The molecule has 0 spiro atoms. The standard InChI is InChI=1S/C35H50F2N2O3/c1-2-11-27-13-19-30(20-14-27)35(36,37)42-32-22-15-28(16-23-32)17-24-34(40)41-25-10-8-6-4-3-5-7-9-12-29-18-21-31(38)26-33(29)39/h15-18,21-24,26-27,30H,2-14,19-20,25,38-39H2,1H3/b24-17+. The van der Waals surface area contributed by atoms with Gasteiger partial charge in [0, 0.05) is 17.5 Å². The molecule has 0 aromatic heterocycles. The average Bonchev–Trinajstić information content (AvgIpc) is 2.97. The lowest BCUT2D eigenvalue weighted by Crippen LogP contribution is -2.37. The van der Waals surface area contributed by atoms with Gasteiger partial charge < -0.3 is 20.9 Å². The average molecular weight is 585 g/mol. The largest absolute Gasteiger partial charge is 0.463 e. The van der Waals surface area contributed by atoms with Gasteiger partial charge in [-0.2, -0.15) is 8.78 Å². The maximum absolute atomic E-state index is 14.7. The fraction of sp³-hybridized carbons (Fsp3) is 0.571. The molecule has 7 heteroatoms. The zero-order valence-corrected chi connectivity index (χ0v) is 25.3. The van der Waals surface area contributed by atoms with E-state index >= 15 is 0 Å². The molecule has 0 bridgehead atoms. The van der Waals surface area contributed by atoms with Crippen LogP contribution in [0.2, 0.25) is 0 Å². The summed E-state index contributed by atoms with van der Waals surface area (Å²) in [6.07, 6.45) is 14.7. The molecule has 1 aliphatic carbocycles. The second-order valence-corrected chi connectivity index (χ2v) is 11.8. The number of rotatable bonds is 18. The molecule has 0 saturated heterocycles. The van der Waals surface area contributed by atoms with Crippen molar-refractivity contribution in [2.45, 2.75) is 109 Å². The van der Waals surface area contributed by atoms with Gasteiger partial charge >= 0.3 is 12.1 Å². The Morgan fingerprint density at radius 2 is 1.55 bits per heavy atom. The maximum atomic E-state index is 14.7. The fourth-order valence-electron chi connectivity index (χ4n) is 5.79. The number of ether oxygens (including phenoxy) is 2. The Morgan fingerprint density at radius 1 is 0.905 bits per heavy atom. The monoisotopic (exact) mass is 584 g/mol. The van der Waals surface area contributed by atoms with Gasteiger partial charge in [-0.1, -0.05) is 76.5 Å². The van der Waals surface area contributed by atoms with Crippen molar-refractivity contribution in [2.75, 3.05) is 18.1 Å². The van der Waals surface area contributed by atoms with Crippen LogP contribution in [0.5, 0.6) is 5.75 Å². The minimum Gasteiger partial charge on any atom is -0.463 e. The van der Waals surface area contributed by atoms with Crippen LogP contribution in [0.4, 0.5) is 20.2 Å². The summed E-state index contributed by atoms with van der Waals surface area (Å²) in [5.74, 6) is -0.433. The third-order valence-corrected chi connectivity index (χ3v) is 8.32. The number of hydrogen-bond acceptors (Lipinski definition) is 5. The highest BCUT2D eigenvalue weighted by molar-refractivity contribution is 5.87. The number of anilines is 2. The molecule has 5 nitrogen and oxygen atoms in total. The molecule has 0 atom stereocenters. The minimum absolute atomic E-state index is 0.138. The Morgan fingerprint density at radius 3 is 2.19 bits per heavy atom. The predicted octanol–water partition coefficient (Wildman–Crippen LogP) is 9.35. The van der Waals surface area contributed by atoms with Gasteiger partial charge in [0.2, 0.25) is 0 Å². The number of carbonyl (C=O) groups excluding carboxylic acids is 1. The molecule has 4 N–H and O–H groups in total. The number of benzene rings is 2. The van der Waals surface area contributed by atoms with Crippen LogP contribution in [0.3, 0.4) is 0 Å². The molecule has 0 amide bonds. The van der Waals surface area contributed by atoms with E-state index < -0.39 is 18.0 Å². The van der Waals surface area contributed by atoms with Gasteiger partial charge in [0.05, 0.1) is 12.5 Å². The van der Waals surface area contributed by atoms with Crippen LogP contribution in [-0.4, -0.2) is 18.7 Å². The van der Waals surface area contributed by atoms with Crippen LogP contribution >= 0.6 is 0 Å². The summed E-state index contributed by atoms with van der Waals surface area (Å²) in [6.45, 7) is 2.54. The summed E-state index contributed by atoms with van der Waals surface area (Å²) in [5, 5.41) is 0. The smallest absolute Gasteiger partial charge is 0.400 e. The van der Waals surface area contributed by atoms with Crippen LogP contribution < -0.4 is 16.2 Å². The molecule has 2 aromatic carbocycles. The van der Waals surface area contributed by atoms with Gasteiger partial charge in [0.15, 0.2) is 0 Å². The maximum Gasteiger partial charge on any atom is 0.400 e. The summed E-state index contributed by atoms with van der Waals surface area (Å²) in [5.41, 5.74) is 15.1. The molecule has 0 heterocycles. The quantitative estimate of drug-likeness (QED) is 0.0789. The fourth-order valence-corrected chi connectivity index (χ4v) is 5.79. The van der Waals surface area contributed by atoms with E-state index in [1.54, 1.807) is 18.2 Å². The van der Waals surface area contributed by atoms with Crippen LogP contribution in [-0.2, 0) is 16.0 Å². The molecule has 42 heavy (non-hydrogen) atoms. The first-order chi connectivity index (χ1) is 20.3. The molecule has 1 saturated carbocycles. The van der Waals surface area contributed by atoms with E-state index in [9.17, 15) is 13.6 Å². The first-order valence-corrected chi connectivity index (χ1v) is 15.9. The van der Waals surface area contributed by atoms with Crippen molar-refractivity contribution >= 4 is 23.4 Å². The summed E-state index contributed by atoms with van der Waals surface area (Å²) < 4.78 is 39.8. The van der Waals surface area contributed by atoms with Crippen molar-refractivity contribution in [3.8, 4) is 5.75 Å². The second-order valence-electron chi connectivity index (χ2n) is 11.8. The van der Waals surface area contributed by atoms with Crippen LogP contribution in [0.15, 0.2) is 48.5 Å². The molecule has 3 rings (SSSR count). The van der Waals surface area contributed by atoms with Gasteiger partial charge in [0.1, 0.15) is 5.75 Å². The first kappa shape index (κ1) is 33.4. The number of unbranched alkanes of at least 4 members (excludes halogenated alkanes) is 7. The van der Waals surface area contributed by atoms with E-state index in [1.165, 1.54) is 49.5 Å². The Labute approximate surface area is 251 Å². The number of halogens is 2. The first-order valence-electron chi connectivity index (χ1n) is 15.9. The van der Waals surface area contributed by atoms with Crippen molar-refractivity contribution in [2.24, 2.45) is 11.8 Å². The third kappa shape index (κ3) is 12.0. The van der Waals surface area contributed by atoms with Crippen molar-refractivity contribution in [3.05, 3.63) is 59.7 Å². The van der Waals surface area contributed by atoms with Gasteiger partial charge in [0.25, 0.3) is 0 Å². The van der Waals surface area contributed by atoms with Gasteiger partial charge in [-0.3, -0.25) is 0 Å². The zero-order chi connectivity index (χ0) is 30.2. The lowest BCUT2D eigenvalue weighted by Gasteiger charge is -2.33. The Bertz CT molecular complexity index is 1100. The highest BCUT2D eigenvalue weighted by atomic mass is 19.3. The van der Waals surface area contributed by atoms with Crippen LogP contribution in [0.1, 0.15) is 108 Å². The van der Waals surface area contributed by atoms with Gasteiger partial charge in [-0.15, -0.1) is 0 Å². The van der Waals surface area contributed by atoms with E-state index in [0.29, 0.717) is 31.1 Å². The Kier molecular flexibility index (Phi) is 14.1. The number of nitrogens with two attached hydrogens (primary N) is 2. The summed E-state index contributed by atoms with van der Waals surface area (Å²) in [6, 6.07) is 12.1. The van der Waals surface area contributed by atoms with Crippen molar-refractivity contribution in [3.63, 3.8) is 0 Å². The van der Waals surface area contributed by atoms with E-state index in [1.807, 2.05) is 18.2 Å². The molecule has 2 aromatic rings. The molecule has 1 aliphatic rings. The van der Waals surface area contributed by atoms with Gasteiger partial charge in [-0.05, 0) is 92.3 Å². The summed E-state index contributed by atoms with van der Waals surface area (Å²) in [4.78, 5) is 12.0. The third-order valence-electron chi connectivity index (χ3n) is 8.32. The molecule has 0 unspecified atom stereocenters.